The first-order valence-electron chi connectivity index (χ1n) is 10.3. The number of hydrogen-bond acceptors (Lipinski definition) is 5. The van der Waals surface area contributed by atoms with Crippen LogP contribution in [-0.4, -0.2) is 31.3 Å². The maximum atomic E-state index is 12.5. The summed E-state index contributed by atoms with van der Waals surface area (Å²) in [5, 5.41) is 16.4. The molecule has 1 amide bonds. The molecule has 1 aliphatic heterocycles. The molecular formula is C22H28N4O4. The molecule has 1 unspecified atom stereocenters. The molecule has 1 aromatic heterocycles. The highest BCUT2D eigenvalue weighted by molar-refractivity contribution is 6.04. The molecule has 1 atom stereocenters. The second-order valence-electron chi connectivity index (χ2n) is 7.91. The van der Waals surface area contributed by atoms with E-state index in [1.807, 2.05) is 31.2 Å². The first-order valence-corrected chi connectivity index (χ1v) is 10.3. The Morgan fingerprint density at radius 1 is 1.27 bits per heavy atom. The zero-order chi connectivity index (χ0) is 22.0. The number of nitrogens with zero attached hydrogens (tertiary/aromatic N) is 3. The van der Waals surface area contributed by atoms with Gasteiger partial charge in [0.25, 0.3) is 5.56 Å². The van der Waals surface area contributed by atoms with E-state index in [2.05, 4.69) is 23.9 Å². The molecule has 0 aliphatic carbocycles. The predicted octanol–water partition coefficient (Wildman–Crippen LogP) is 2.86. The smallest absolute Gasteiger partial charge is 0.331 e. The fourth-order valence-electron chi connectivity index (χ4n) is 3.66. The number of benzene rings is 1. The van der Waals surface area contributed by atoms with Crippen LogP contribution in [0, 0.1) is 0 Å². The molecule has 0 fully saturated rings. The van der Waals surface area contributed by atoms with E-state index in [4.69, 9.17) is 0 Å². The van der Waals surface area contributed by atoms with Crippen LogP contribution in [0.15, 0.2) is 39.0 Å². The van der Waals surface area contributed by atoms with Crippen molar-refractivity contribution in [3.63, 3.8) is 0 Å². The topological polar surface area (TPSA) is 108 Å². The van der Waals surface area contributed by atoms with Crippen LogP contribution < -0.4 is 11.2 Å². The summed E-state index contributed by atoms with van der Waals surface area (Å²) in [6, 6.07) is 7.58. The third-order valence-electron chi connectivity index (χ3n) is 5.42. The summed E-state index contributed by atoms with van der Waals surface area (Å²) in [5.74, 6) is -0.286. The van der Waals surface area contributed by atoms with E-state index in [1.165, 1.54) is 17.5 Å². The molecule has 2 aromatic rings. The minimum Gasteiger partial charge on any atom is -0.494 e. The zero-order valence-corrected chi connectivity index (χ0v) is 17.8. The second-order valence-corrected chi connectivity index (χ2v) is 7.91. The lowest BCUT2D eigenvalue weighted by atomic mass is 9.96. The van der Waals surface area contributed by atoms with Crippen molar-refractivity contribution >= 4 is 11.6 Å². The average Bonchev–Trinajstić information content (AvgIpc) is 3.13. The van der Waals surface area contributed by atoms with Gasteiger partial charge in [0, 0.05) is 19.9 Å². The van der Waals surface area contributed by atoms with Crippen molar-refractivity contribution < 1.29 is 9.90 Å². The van der Waals surface area contributed by atoms with E-state index in [0.717, 1.165) is 16.6 Å². The fourth-order valence-corrected chi connectivity index (χ4v) is 3.66. The molecular weight excluding hydrogens is 384 g/mol. The van der Waals surface area contributed by atoms with Crippen molar-refractivity contribution in [2.75, 3.05) is 0 Å². The molecule has 160 valence electrons. The summed E-state index contributed by atoms with van der Waals surface area (Å²) in [4.78, 5) is 39.1. The number of carbonyl (C=O) groups excluding carboxylic acids is 1. The first-order chi connectivity index (χ1) is 14.2. The lowest BCUT2D eigenvalue weighted by Gasteiger charge is -2.21. The fraction of sp³-hybridized carbons (Fsp3) is 0.455. The molecule has 2 N–H and O–H groups in total. The number of hydrogen-bond donors (Lipinski definition) is 2. The molecule has 8 heteroatoms. The molecule has 3 rings (SSSR count). The number of H-pyrrole nitrogens is 1. The van der Waals surface area contributed by atoms with Crippen LogP contribution in [0.25, 0.3) is 0 Å². The predicted molar refractivity (Wildman–Crippen MR) is 115 cm³/mol. The zero-order valence-electron chi connectivity index (χ0n) is 17.8. The number of carbonyl (C=O) groups is 1. The molecule has 1 aromatic carbocycles. The van der Waals surface area contributed by atoms with Crippen molar-refractivity contribution in [3.8, 4) is 5.88 Å². The number of rotatable bonds is 6. The molecule has 0 bridgehead atoms. The standard InChI is InChI=1S/C22H28N4O4/c1-5-6-11-25-21(29)19(20(28)23-22(25)30)17-12-18(26(24-17)14(4)27)16-9-7-15(8-10-16)13(2)3/h7-10,13,18,29H,5-6,11-12H2,1-4H3,(H,23,28,30). The van der Waals surface area contributed by atoms with Gasteiger partial charge < -0.3 is 5.11 Å². The van der Waals surface area contributed by atoms with Crippen LogP contribution in [-0.2, 0) is 11.3 Å². The van der Waals surface area contributed by atoms with Gasteiger partial charge in [0.2, 0.25) is 11.8 Å². The van der Waals surface area contributed by atoms with Gasteiger partial charge in [-0.2, -0.15) is 5.10 Å². The van der Waals surface area contributed by atoms with E-state index >= 15 is 0 Å². The van der Waals surface area contributed by atoms with Gasteiger partial charge in [-0.3, -0.25) is 19.1 Å². The Morgan fingerprint density at radius 3 is 2.50 bits per heavy atom. The lowest BCUT2D eigenvalue weighted by molar-refractivity contribution is -0.130. The van der Waals surface area contributed by atoms with Crippen molar-refractivity contribution in [1.82, 2.24) is 14.6 Å². The lowest BCUT2D eigenvalue weighted by Crippen LogP contribution is -2.33. The Labute approximate surface area is 174 Å². The SMILES string of the molecule is CCCCn1c(O)c(C2=NN(C(C)=O)C(c3ccc(C(C)C)cc3)C2)c(=O)[nH]c1=O. The molecule has 1 aliphatic rings. The van der Waals surface area contributed by atoms with Gasteiger partial charge >= 0.3 is 5.69 Å². The number of aromatic nitrogens is 2. The second kappa shape index (κ2) is 8.69. The van der Waals surface area contributed by atoms with E-state index in [1.54, 1.807) is 0 Å². The van der Waals surface area contributed by atoms with Crippen LogP contribution >= 0.6 is 0 Å². The van der Waals surface area contributed by atoms with E-state index in [0.29, 0.717) is 12.3 Å². The molecule has 30 heavy (non-hydrogen) atoms. The molecule has 0 saturated carbocycles. The van der Waals surface area contributed by atoms with Crippen molar-refractivity contribution in [1.29, 1.82) is 0 Å². The molecule has 0 spiro atoms. The monoisotopic (exact) mass is 412 g/mol. The number of aromatic amines is 1. The van der Waals surface area contributed by atoms with Crippen LogP contribution in [0.1, 0.15) is 75.6 Å². The van der Waals surface area contributed by atoms with E-state index in [-0.39, 0.29) is 36.2 Å². The first kappa shape index (κ1) is 21.5. The van der Waals surface area contributed by atoms with Gasteiger partial charge in [-0.15, -0.1) is 0 Å². The third-order valence-corrected chi connectivity index (χ3v) is 5.42. The number of aromatic hydroxyl groups is 1. The van der Waals surface area contributed by atoms with Crippen LogP contribution in [0.5, 0.6) is 5.88 Å². The Bertz CT molecular complexity index is 1080. The average molecular weight is 412 g/mol. The van der Waals surface area contributed by atoms with Crippen LogP contribution in [0.2, 0.25) is 0 Å². The summed E-state index contributed by atoms with van der Waals surface area (Å²) >= 11 is 0. The largest absolute Gasteiger partial charge is 0.494 e. The van der Waals surface area contributed by atoms with Gasteiger partial charge in [-0.25, -0.2) is 9.80 Å². The Hall–Kier alpha value is -3.16. The van der Waals surface area contributed by atoms with Crippen LogP contribution in [0.4, 0.5) is 0 Å². The van der Waals surface area contributed by atoms with Crippen molar-refractivity contribution in [2.24, 2.45) is 5.10 Å². The highest BCUT2D eigenvalue weighted by atomic mass is 16.3. The maximum absolute atomic E-state index is 12.5. The van der Waals surface area contributed by atoms with Crippen molar-refractivity contribution in [2.45, 2.75) is 65.5 Å². The van der Waals surface area contributed by atoms with Gasteiger partial charge in [-0.1, -0.05) is 51.5 Å². The minimum atomic E-state index is -0.705. The normalized spacial score (nSPS) is 16.2. The summed E-state index contributed by atoms with van der Waals surface area (Å²) in [5.41, 5.74) is 0.944. The number of amides is 1. The molecule has 2 heterocycles. The summed E-state index contributed by atoms with van der Waals surface area (Å²) in [6.07, 6.45) is 1.77. The van der Waals surface area contributed by atoms with Gasteiger partial charge in [0.15, 0.2) is 0 Å². The number of nitrogens with one attached hydrogen (secondary N) is 1. The Balaban J connectivity index is 2.02. The molecule has 0 saturated heterocycles. The maximum Gasteiger partial charge on any atom is 0.331 e. The third kappa shape index (κ3) is 4.08. The summed E-state index contributed by atoms with van der Waals surface area (Å²) in [6.45, 7) is 7.88. The summed E-state index contributed by atoms with van der Waals surface area (Å²) < 4.78 is 1.14. The molecule has 0 radical (unpaired) electrons. The van der Waals surface area contributed by atoms with E-state index < -0.39 is 17.1 Å². The van der Waals surface area contributed by atoms with E-state index in [9.17, 15) is 19.5 Å². The van der Waals surface area contributed by atoms with Crippen LogP contribution in [0.3, 0.4) is 0 Å². The highest BCUT2D eigenvalue weighted by Crippen LogP contribution is 2.34. The highest BCUT2D eigenvalue weighted by Gasteiger charge is 2.34. The number of hydrazone groups is 1. The quantitative estimate of drug-likeness (QED) is 0.760. The summed E-state index contributed by atoms with van der Waals surface area (Å²) in [7, 11) is 0. The Kier molecular flexibility index (Phi) is 6.24. The number of unbranched alkanes of at least 4 members (excludes halogenated alkanes) is 1. The van der Waals surface area contributed by atoms with Gasteiger partial charge in [-0.05, 0) is 23.5 Å². The van der Waals surface area contributed by atoms with Gasteiger partial charge in [0.05, 0.1) is 11.8 Å². The van der Waals surface area contributed by atoms with Crippen molar-refractivity contribution in [3.05, 3.63) is 61.8 Å². The molecule has 8 nitrogen and oxygen atoms in total. The minimum absolute atomic E-state index is 0.0572. The van der Waals surface area contributed by atoms with Gasteiger partial charge in [0.1, 0.15) is 5.56 Å². The Morgan fingerprint density at radius 2 is 1.93 bits per heavy atom.